The lowest BCUT2D eigenvalue weighted by Crippen LogP contribution is -2.14. The van der Waals surface area contributed by atoms with Crippen molar-refractivity contribution in [2.45, 2.75) is 0 Å². The fourth-order valence-electron chi connectivity index (χ4n) is 1.77. The Labute approximate surface area is 125 Å². The summed E-state index contributed by atoms with van der Waals surface area (Å²) < 4.78 is 1.25. The van der Waals surface area contributed by atoms with E-state index >= 15 is 0 Å². The molecule has 0 amide bonds. The number of benzene rings is 1. The number of aromatic nitrogens is 3. The first-order chi connectivity index (χ1) is 9.61. The molecule has 0 saturated carbocycles. The second-order valence-electron chi connectivity index (χ2n) is 4.42. The maximum absolute atomic E-state index is 5.91. The molecule has 3 aromatic rings. The minimum atomic E-state index is 0.169. The second-order valence-corrected chi connectivity index (χ2v) is 5.71. The summed E-state index contributed by atoms with van der Waals surface area (Å²) in [6.45, 7) is 0. The molecule has 7 heteroatoms. The van der Waals surface area contributed by atoms with E-state index in [0.29, 0.717) is 11.9 Å². The molecule has 20 heavy (non-hydrogen) atoms. The predicted molar refractivity (Wildman–Crippen MR) is 84.3 cm³/mol. The lowest BCUT2D eigenvalue weighted by molar-refractivity contribution is 0.961. The van der Waals surface area contributed by atoms with Gasteiger partial charge in [0, 0.05) is 24.5 Å². The molecule has 0 radical (unpaired) electrons. The average Bonchev–Trinajstić information content (AvgIpc) is 2.85. The molecular weight excluding hydrogens is 294 g/mol. The fourth-order valence-corrected chi connectivity index (χ4v) is 2.70. The van der Waals surface area contributed by atoms with Crippen molar-refractivity contribution in [1.82, 2.24) is 15.0 Å². The topological polar surface area (TPSA) is 53.9 Å². The van der Waals surface area contributed by atoms with Gasteiger partial charge in [-0.25, -0.2) is 0 Å². The van der Waals surface area contributed by atoms with Gasteiger partial charge >= 0.3 is 0 Å². The molecule has 0 unspecified atom stereocenters. The largest absolute Gasteiger partial charge is 0.347 e. The molecule has 0 saturated heterocycles. The lowest BCUT2D eigenvalue weighted by atomic mass is 10.2. The number of hydrogen-bond donors (Lipinski definition) is 1. The maximum Gasteiger partial charge on any atom is 0.233 e. The fraction of sp³-hybridized carbons (Fsp3) is 0.154. The normalized spacial score (nSPS) is 10.8. The number of nitrogens with one attached hydrogen (secondary N) is 1. The Morgan fingerprint density at radius 1 is 1.15 bits per heavy atom. The Morgan fingerprint density at radius 2 is 2.00 bits per heavy atom. The monoisotopic (exact) mass is 305 g/mol. The van der Waals surface area contributed by atoms with Gasteiger partial charge in [0.25, 0.3) is 0 Å². The van der Waals surface area contributed by atoms with Crippen molar-refractivity contribution in [3.63, 3.8) is 0 Å². The van der Waals surface area contributed by atoms with Crippen molar-refractivity contribution in [2.24, 2.45) is 0 Å². The first kappa shape index (κ1) is 13.1. The highest BCUT2D eigenvalue weighted by atomic mass is 35.5. The van der Waals surface area contributed by atoms with Gasteiger partial charge in [0.05, 0.1) is 0 Å². The Kier molecular flexibility index (Phi) is 3.42. The van der Waals surface area contributed by atoms with Crippen molar-refractivity contribution in [3.05, 3.63) is 34.9 Å². The van der Waals surface area contributed by atoms with E-state index in [1.807, 2.05) is 20.2 Å². The van der Waals surface area contributed by atoms with Gasteiger partial charge in [-0.15, -0.1) is 11.3 Å². The van der Waals surface area contributed by atoms with Crippen LogP contribution in [0.2, 0.25) is 5.28 Å². The van der Waals surface area contributed by atoms with Crippen molar-refractivity contribution in [2.75, 3.05) is 24.3 Å². The van der Waals surface area contributed by atoms with Crippen LogP contribution >= 0.6 is 22.9 Å². The second kappa shape index (κ2) is 5.22. The van der Waals surface area contributed by atoms with Crippen LogP contribution in [0.5, 0.6) is 0 Å². The van der Waals surface area contributed by atoms with Crippen LogP contribution in [0.4, 0.5) is 17.6 Å². The molecule has 1 N–H and O–H groups in total. The first-order valence-electron chi connectivity index (χ1n) is 5.95. The van der Waals surface area contributed by atoms with Crippen LogP contribution in [0.15, 0.2) is 29.6 Å². The molecule has 0 atom stereocenters. The molecular formula is C13H12ClN5S. The third-order valence-electron chi connectivity index (χ3n) is 2.70. The van der Waals surface area contributed by atoms with Crippen LogP contribution in [-0.2, 0) is 0 Å². The third-order valence-corrected chi connectivity index (χ3v) is 3.77. The van der Waals surface area contributed by atoms with Gasteiger partial charge < -0.3 is 10.2 Å². The zero-order chi connectivity index (χ0) is 14.1. The van der Waals surface area contributed by atoms with Gasteiger partial charge in [-0.05, 0) is 46.6 Å². The Balaban J connectivity index is 1.93. The number of hydrogen-bond acceptors (Lipinski definition) is 6. The van der Waals surface area contributed by atoms with Gasteiger partial charge in [-0.2, -0.15) is 15.0 Å². The molecule has 0 bridgehead atoms. The van der Waals surface area contributed by atoms with E-state index in [4.69, 9.17) is 11.6 Å². The highest BCUT2D eigenvalue weighted by molar-refractivity contribution is 7.17. The number of anilines is 3. The molecule has 5 nitrogen and oxygen atoms in total. The van der Waals surface area contributed by atoms with Crippen LogP contribution < -0.4 is 10.2 Å². The van der Waals surface area contributed by atoms with Crippen LogP contribution in [-0.4, -0.2) is 29.0 Å². The van der Waals surface area contributed by atoms with Crippen LogP contribution in [0.1, 0.15) is 0 Å². The Bertz CT molecular complexity index is 755. The molecule has 2 aromatic heterocycles. The number of fused-ring (bicyclic) bond motifs is 1. The van der Waals surface area contributed by atoms with E-state index in [2.05, 4.69) is 43.8 Å². The van der Waals surface area contributed by atoms with Gasteiger partial charge in [-0.1, -0.05) is 0 Å². The lowest BCUT2D eigenvalue weighted by Gasteiger charge is -2.11. The van der Waals surface area contributed by atoms with E-state index < -0.39 is 0 Å². The highest BCUT2D eigenvalue weighted by Crippen LogP contribution is 2.25. The van der Waals surface area contributed by atoms with Crippen molar-refractivity contribution < 1.29 is 0 Å². The molecule has 1 aromatic carbocycles. The average molecular weight is 306 g/mol. The summed E-state index contributed by atoms with van der Waals surface area (Å²) in [5.41, 5.74) is 0.919. The molecule has 0 aliphatic rings. The summed E-state index contributed by atoms with van der Waals surface area (Å²) in [6, 6.07) is 8.19. The minimum Gasteiger partial charge on any atom is -0.347 e. The molecule has 102 valence electrons. The standard InChI is InChI=1S/C13H12ClN5S/c1-19(2)13-17-11(14)16-12(18-13)15-9-3-4-10-8(7-9)5-6-20-10/h3-7H,1-2H3,(H,15,16,17,18). The van der Waals surface area contributed by atoms with E-state index in [-0.39, 0.29) is 5.28 Å². The van der Waals surface area contributed by atoms with Gasteiger partial charge in [0.15, 0.2) is 0 Å². The molecule has 0 aliphatic carbocycles. The summed E-state index contributed by atoms with van der Waals surface area (Å²) in [5, 5.41) is 6.58. The SMILES string of the molecule is CN(C)c1nc(Cl)nc(Nc2ccc3sccc3c2)n1. The van der Waals surface area contributed by atoms with Crippen LogP contribution in [0, 0.1) is 0 Å². The molecule has 0 spiro atoms. The van der Waals surface area contributed by atoms with E-state index in [0.717, 1.165) is 5.69 Å². The van der Waals surface area contributed by atoms with Gasteiger partial charge in [0.2, 0.25) is 17.2 Å². The summed E-state index contributed by atoms with van der Waals surface area (Å²) in [6.07, 6.45) is 0. The van der Waals surface area contributed by atoms with Crippen molar-refractivity contribution >= 4 is 50.6 Å². The highest BCUT2D eigenvalue weighted by Gasteiger charge is 2.07. The van der Waals surface area contributed by atoms with E-state index in [9.17, 15) is 0 Å². The zero-order valence-corrected chi connectivity index (χ0v) is 12.5. The number of rotatable bonds is 3. The summed E-state index contributed by atoms with van der Waals surface area (Å²) >= 11 is 7.63. The summed E-state index contributed by atoms with van der Waals surface area (Å²) in [5.74, 6) is 0.951. The predicted octanol–water partition coefficient (Wildman–Crippen LogP) is 3.55. The zero-order valence-electron chi connectivity index (χ0n) is 11.0. The first-order valence-corrected chi connectivity index (χ1v) is 7.21. The van der Waals surface area contributed by atoms with Gasteiger partial charge in [0.1, 0.15) is 0 Å². The summed E-state index contributed by atoms with van der Waals surface area (Å²) in [7, 11) is 3.71. The van der Waals surface area contributed by atoms with Crippen molar-refractivity contribution in [3.8, 4) is 0 Å². The smallest absolute Gasteiger partial charge is 0.233 e. The molecule has 0 fully saturated rings. The molecule has 0 aliphatic heterocycles. The number of halogens is 1. The minimum absolute atomic E-state index is 0.169. The van der Waals surface area contributed by atoms with Crippen LogP contribution in [0.25, 0.3) is 10.1 Å². The third kappa shape index (κ3) is 2.66. The number of nitrogens with zero attached hydrogens (tertiary/aromatic N) is 4. The summed E-state index contributed by atoms with van der Waals surface area (Å²) in [4.78, 5) is 14.2. The molecule has 3 rings (SSSR count). The Morgan fingerprint density at radius 3 is 2.80 bits per heavy atom. The Hall–Kier alpha value is -1.92. The van der Waals surface area contributed by atoms with Crippen LogP contribution in [0.3, 0.4) is 0 Å². The molecule has 2 heterocycles. The maximum atomic E-state index is 5.91. The van der Waals surface area contributed by atoms with E-state index in [1.165, 1.54) is 10.1 Å². The number of thiophene rings is 1. The van der Waals surface area contributed by atoms with Gasteiger partial charge in [-0.3, -0.25) is 0 Å². The quantitative estimate of drug-likeness (QED) is 0.802. The van der Waals surface area contributed by atoms with Crippen molar-refractivity contribution in [1.29, 1.82) is 0 Å². The van der Waals surface area contributed by atoms with E-state index in [1.54, 1.807) is 16.2 Å².